The normalized spacial score (nSPS) is 16.7. The van der Waals surface area contributed by atoms with E-state index in [0.717, 1.165) is 0 Å². The largest absolute Gasteiger partial charge is 0.495 e. The van der Waals surface area contributed by atoms with Gasteiger partial charge in [0.15, 0.2) is 25.1 Å². The molecule has 0 unspecified atom stereocenters. The van der Waals surface area contributed by atoms with Crippen LogP contribution in [-0.4, -0.2) is 92.0 Å². The van der Waals surface area contributed by atoms with Crippen molar-refractivity contribution in [3.63, 3.8) is 0 Å². The van der Waals surface area contributed by atoms with Crippen LogP contribution >= 0.6 is 0 Å². The number of hydrogen-bond acceptors (Lipinski definition) is 12. The van der Waals surface area contributed by atoms with E-state index in [0.29, 0.717) is 15.9 Å². The van der Waals surface area contributed by atoms with Crippen LogP contribution in [0, 0.1) is 0 Å². The third-order valence-electron chi connectivity index (χ3n) is 6.96. The second kappa shape index (κ2) is 15.0. The fourth-order valence-corrected chi connectivity index (χ4v) is 4.26. The van der Waals surface area contributed by atoms with Crippen molar-refractivity contribution in [3.05, 3.63) is 17.7 Å². The topological polar surface area (TPSA) is 138 Å². The molecule has 1 aromatic carbocycles. The van der Waals surface area contributed by atoms with Crippen molar-refractivity contribution in [3.8, 4) is 11.5 Å². The summed E-state index contributed by atoms with van der Waals surface area (Å²) in [4.78, 5) is 42.2. The van der Waals surface area contributed by atoms with Crippen LogP contribution in [0.3, 0.4) is 0 Å². The number of rotatable bonds is 11. The van der Waals surface area contributed by atoms with E-state index < -0.39 is 59.3 Å². The predicted octanol–water partition coefficient (Wildman–Crippen LogP) is 5.38. The second-order valence-electron chi connectivity index (χ2n) is 15.3. The van der Waals surface area contributed by atoms with E-state index in [4.69, 9.17) is 42.5 Å². The quantitative estimate of drug-likeness (QED) is 0.130. The lowest BCUT2D eigenvalue weighted by molar-refractivity contribution is -0.161. The first-order valence-corrected chi connectivity index (χ1v) is 15.5. The van der Waals surface area contributed by atoms with Gasteiger partial charge in [0.05, 0.1) is 11.2 Å². The molecule has 1 atom stereocenters. The molecule has 0 N–H and O–H groups in total. The Kier molecular flexibility index (Phi) is 12.8. The number of ether oxygens (including phenoxy) is 7. The second-order valence-corrected chi connectivity index (χ2v) is 15.3. The molecule has 1 saturated heterocycles. The van der Waals surface area contributed by atoms with Gasteiger partial charge in [-0.05, 0) is 113 Å². The molecular weight excluding hydrogens is 613 g/mol. The van der Waals surface area contributed by atoms with Crippen LogP contribution in [0.4, 0.5) is 9.59 Å². The number of carbonyl (C=O) groups is 3. The summed E-state index contributed by atoms with van der Waals surface area (Å²) in [6.45, 7) is 22.3. The van der Waals surface area contributed by atoms with Gasteiger partial charge in [0.1, 0.15) is 22.8 Å². The minimum atomic E-state index is -1.55. The summed E-state index contributed by atoms with van der Waals surface area (Å²) in [6, 6.07) is 1.71. The summed E-state index contributed by atoms with van der Waals surface area (Å²) >= 11 is 0. The number of hydrogen-bond donors (Lipinski definition) is 0. The average molecular weight is 668 g/mol. The van der Waals surface area contributed by atoms with Crippen molar-refractivity contribution in [2.45, 2.75) is 130 Å². The zero-order valence-electron chi connectivity index (χ0n) is 30.8. The number of benzene rings is 1. The molecule has 1 aromatic rings. The van der Waals surface area contributed by atoms with Crippen LogP contribution < -0.4 is 14.9 Å². The van der Waals surface area contributed by atoms with Crippen molar-refractivity contribution in [1.29, 1.82) is 0 Å². The lowest BCUT2D eigenvalue weighted by Gasteiger charge is -2.34. The van der Waals surface area contributed by atoms with Crippen LogP contribution in [0.1, 0.15) is 95.6 Å². The molecule has 1 aliphatic rings. The standard InChI is InChI=1S/C33H54BNO12/c1-29(2,3)43-26(36)23(35(27(37)44-30(4,5)6)28(38)45-31(7,8)9)16-21-17-24(41-19-39-14)25(42-20-40-15)18-22(21)34-46-32(10,11)33(12,13)47-34/h17-18,23H,16,19-20H2,1-15H3/t23-/m0/s1. The number of esters is 1. The third-order valence-corrected chi connectivity index (χ3v) is 6.96. The Morgan fingerprint density at radius 2 is 1.13 bits per heavy atom. The van der Waals surface area contributed by atoms with Gasteiger partial charge in [0, 0.05) is 20.6 Å². The minimum absolute atomic E-state index is 0.100. The van der Waals surface area contributed by atoms with E-state index >= 15 is 0 Å². The smallest absolute Gasteiger partial charge is 0.464 e. The fourth-order valence-electron chi connectivity index (χ4n) is 4.26. The van der Waals surface area contributed by atoms with Crippen molar-refractivity contribution >= 4 is 30.7 Å². The molecule has 1 fully saturated rings. The maximum atomic E-state index is 14.0. The molecule has 47 heavy (non-hydrogen) atoms. The van der Waals surface area contributed by atoms with Gasteiger partial charge in [-0.2, -0.15) is 4.90 Å². The van der Waals surface area contributed by atoms with Gasteiger partial charge in [0.2, 0.25) is 0 Å². The van der Waals surface area contributed by atoms with Crippen LogP contribution in [0.15, 0.2) is 12.1 Å². The van der Waals surface area contributed by atoms with Gasteiger partial charge < -0.3 is 42.5 Å². The van der Waals surface area contributed by atoms with E-state index in [1.807, 2.05) is 27.7 Å². The molecule has 266 valence electrons. The Labute approximate surface area is 279 Å². The molecule has 0 bridgehead atoms. The molecule has 0 aromatic heterocycles. The Bertz CT molecular complexity index is 1220. The highest BCUT2D eigenvalue weighted by Gasteiger charge is 2.53. The van der Waals surface area contributed by atoms with E-state index in [2.05, 4.69) is 0 Å². The number of nitrogens with zero attached hydrogens (tertiary/aromatic N) is 1. The Morgan fingerprint density at radius 3 is 1.51 bits per heavy atom. The molecule has 1 heterocycles. The van der Waals surface area contributed by atoms with Crippen LogP contribution in [-0.2, 0) is 44.2 Å². The SMILES string of the molecule is COCOc1cc(C[C@@H](C(=O)OC(C)(C)C)N(C(=O)OC(C)(C)C)C(=O)OC(C)(C)C)c(B2OC(C)(C)C(C)(C)O2)cc1OCOC. The zero-order valence-corrected chi connectivity index (χ0v) is 30.8. The molecule has 0 radical (unpaired) electrons. The van der Waals surface area contributed by atoms with Gasteiger partial charge in [-0.3, -0.25) is 0 Å². The van der Waals surface area contributed by atoms with Crippen LogP contribution in [0.25, 0.3) is 0 Å². The van der Waals surface area contributed by atoms with Crippen molar-refractivity contribution in [1.82, 2.24) is 4.90 Å². The highest BCUT2D eigenvalue weighted by atomic mass is 16.7. The first-order valence-electron chi connectivity index (χ1n) is 15.5. The molecule has 2 rings (SSSR count). The number of imide groups is 1. The minimum Gasteiger partial charge on any atom is -0.464 e. The third kappa shape index (κ3) is 11.5. The highest BCUT2D eigenvalue weighted by molar-refractivity contribution is 6.62. The predicted molar refractivity (Wildman–Crippen MR) is 175 cm³/mol. The Hall–Kier alpha value is -3.07. The Balaban J connectivity index is 2.88. The van der Waals surface area contributed by atoms with Gasteiger partial charge in [-0.25, -0.2) is 14.4 Å². The zero-order chi connectivity index (χ0) is 36.2. The molecule has 0 aliphatic carbocycles. The average Bonchev–Trinajstić information content (AvgIpc) is 3.09. The van der Waals surface area contributed by atoms with E-state index in [1.165, 1.54) is 14.2 Å². The van der Waals surface area contributed by atoms with Crippen molar-refractivity contribution in [2.75, 3.05) is 27.8 Å². The van der Waals surface area contributed by atoms with Crippen LogP contribution in [0.2, 0.25) is 0 Å². The molecule has 0 saturated carbocycles. The summed E-state index contributed by atoms with van der Waals surface area (Å²) in [5.74, 6) is -0.348. The van der Waals surface area contributed by atoms with E-state index in [9.17, 15) is 14.4 Å². The molecule has 1 aliphatic heterocycles. The first kappa shape index (κ1) is 40.1. The van der Waals surface area contributed by atoms with Gasteiger partial charge in [-0.15, -0.1) is 0 Å². The van der Waals surface area contributed by atoms with Crippen LogP contribution in [0.5, 0.6) is 11.5 Å². The summed E-state index contributed by atoms with van der Waals surface area (Å²) in [5.41, 5.74) is -3.55. The lowest BCUT2D eigenvalue weighted by atomic mass is 9.74. The number of amides is 2. The first-order chi connectivity index (χ1) is 21.3. The van der Waals surface area contributed by atoms with Gasteiger partial charge >= 0.3 is 25.3 Å². The van der Waals surface area contributed by atoms with Gasteiger partial charge in [0.25, 0.3) is 0 Å². The summed E-state index contributed by atoms with van der Waals surface area (Å²) in [5, 5.41) is 0. The summed E-state index contributed by atoms with van der Waals surface area (Å²) in [7, 11) is 2.01. The summed E-state index contributed by atoms with van der Waals surface area (Å²) in [6.07, 6.45) is -2.44. The maximum absolute atomic E-state index is 14.0. The Morgan fingerprint density at radius 1 is 0.723 bits per heavy atom. The van der Waals surface area contributed by atoms with Gasteiger partial charge in [-0.1, -0.05) is 0 Å². The molecule has 13 nitrogen and oxygen atoms in total. The maximum Gasteiger partial charge on any atom is 0.495 e. The molecule has 2 amide bonds. The monoisotopic (exact) mass is 667 g/mol. The molecular formula is C33H54BNO12. The fraction of sp³-hybridized carbons (Fsp3) is 0.727. The van der Waals surface area contributed by atoms with E-state index in [1.54, 1.807) is 74.4 Å². The molecule has 14 heteroatoms. The van der Waals surface area contributed by atoms with Crippen molar-refractivity contribution < 1.29 is 56.9 Å². The highest BCUT2D eigenvalue weighted by Crippen LogP contribution is 2.38. The van der Waals surface area contributed by atoms with E-state index in [-0.39, 0.29) is 31.5 Å². The summed E-state index contributed by atoms with van der Waals surface area (Å²) < 4.78 is 51.7. The molecule has 0 spiro atoms. The number of methoxy groups -OCH3 is 2. The number of carbonyl (C=O) groups excluding carboxylic acids is 3. The van der Waals surface area contributed by atoms with Crippen molar-refractivity contribution in [2.24, 2.45) is 0 Å². The lowest BCUT2D eigenvalue weighted by Crippen LogP contribution is -2.54.